The van der Waals surface area contributed by atoms with Crippen LogP contribution in [-0.4, -0.2) is 19.2 Å². The standard InChI is InChI=1S/C19H18O6/c1-10(2)15(24-11(3)20)9-14-18-13(7-8-23-18)17(22-4)12-5-6-16(21)25-19(12)14/h5-8,15H,1,9H2,2-4H3/t15-/m0/s1. The Bertz CT molecular complexity index is 1020. The predicted octanol–water partition coefficient (Wildman–Crippen LogP) is 3.60. The Hall–Kier alpha value is -3.02. The maximum absolute atomic E-state index is 11.8. The Morgan fingerprint density at radius 2 is 1.92 bits per heavy atom. The van der Waals surface area contributed by atoms with Crippen molar-refractivity contribution in [2.75, 3.05) is 7.11 Å². The van der Waals surface area contributed by atoms with Crippen molar-refractivity contribution in [1.82, 2.24) is 0 Å². The molecule has 0 saturated heterocycles. The number of hydrogen-bond acceptors (Lipinski definition) is 6. The number of hydrogen-bond donors (Lipinski definition) is 0. The molecule has 0 bridgehead atoms. The van der Waals surface area contributed by atoms with Crippen molar-refractivity contribution in [3.05, 3.63) is 52.6 Å². The van der Waals surface area contributed by atoms with Crippen molar-refractivity contribution < 1.29 is 23.1 Å². The molecule has 0 N–H and O–H groups in total. The van der Waals surface area contributed by atoms with Gasteiger partial charge in [-0.3, -0.25) is 4.79 Å². The van der Waals surface area contributed by atoms with E-state index in [0.29, 0.717) is 33.4 Å². The molecule has 0 fully saturated rings. The SMILES string of the molecule is C=C(C)[C@H](Cc1c2occc2c(OC)c2ccc(=O)oc12)OC(C)=O. The molecule has 2 aromatic heterocycles. The first-order valence-corrected chi connectivity index (χ1v) is 7.75. The number of methoxy groups -OCH3 is 1. The normalized spacial score (nSPS) is 12.3. The monoisotopic (exact) mass is 342 g/mol. The van der Waals surface area contributed by atoms with Crippen molar-refractivity contribution >= 4 is 27.9 Å². The zero-order valence-electron chi connectivity index (χ0n) is 14.3. The molecule has 0 saturated carbocycles. The molecule has 1 aromatic carbocycles. The van der Waals surface area contributed by atoms with Gasteiger partial charge in [-0.25, -0.2) is 4.79 Å². The molecule has 130 valence electrons. The first-order chi connectivity index (χ1) is 11.9. The number of furan rings is 1. The van der Waals surface area contributed by atoms with E-state index in [1.807, 2.05) is 0 Å². The quantitative estimate of drug-likeness (QED) is 0.400. The lowest BCUT2D eigenvalue weighted by Crippen LogP contribution is -2.20. The zero-order chi connectivity index (χ0) is 18.1. The molecule has 3 rings (SSSR count). The molecule has 0 aliphatic carbocycles. The van der Waals surface area contributed by atoms with E-state index in [1.54, 1.807) is 26.2 Å². The predicted molar refractivity (Wildman–Crippen MR) is 92.9 cm³/mol. The van der Waals surface area contributed by atoms with Crippen LogP contribution >= 0.6 is 0 Å². The van der Waals surface area contributed by atoms with Crippen molar-refractivity contribution in [2.45, 2.75) is 26.4 Å². The highest BCUT2D eigenvalue weighted by Crippen LogP contribution is 2.39. The Morgan fingerprint density at radius 3 is 2.56 bits per heavy atom. The summed E-state index contributed by atoms with van der Waals surface area (Å²) in [6.45, 7) is 6.99. The Morgan fingerprint density at radius 1 is 1.20 bits per heavy atom. The van der Waals surface area contributed by atoms with E-state index in [4.69, 9.17) is 18.3 Å². The van der Waals surface area contributed by atoms with Crippen LogP contribution in [0.25, 0.3) is 21.9 Å². The first kappa shape index (κ1) is 16.8. The zero-order valence-corrected chi connectivity index (χ0v) is 14.3. The number of carbonyl (C=O) groups is 1. The highest BCUT2D eigenvalue weighted by molar-refractivity contribution is 6.04. The summed E-state index contributed by atoms with van der Waals surface area (Å²) in [6.07, 6.45) is 1.25. The van der Waals surface area contributed by atoms with Crippen LogP contribution in [0.1, 0.15) is 19.4 Å². The largest absolute Gasteiger partial charge is 0.495 e. The van der Waals surface area contributed by atoms with Gasteiger partial charge in [-0.05, 0) is 24.6 Å². The van der Waals surface area contributed by atoms with E-state index in [2.05, 4.69) is 6.58 Å². The van der Waals surface area contributed by atoms with Crippen LogP contribution in [0.5, 0.6) is 5.75 Å². The van der Waals surface area contributed by atoms with Crippen molar-refractivity contribution in [3.63, 3.8) is 0 Å². The van der Waals surface area contributed by atoms with E-state index in [9.17, 15) is 9.59 Å². The summed E-state index contributed by atoms with van der Waals surface area (Å²) >= 11 is 0. The molecule has 0 aliphatic rings. The second kappa shape index (κ2) is 6.47. The molecular formula is C19H18O6. The number of fused-ring (bicyclic) bond motifs is 2. The molecule has 0 unspecified atom stereocenters. The fourth-order valence-corrected chi connectivity index (χ4v) is 2.90. The number of ether oxygens (including phenoxy) is 2. The lowest BCUT2D eigenvalue weighted by molar-refractivity contribution is -0.144. The minimum atomic E-state index is -0.562. The summed E-state index contributed by atoms with van der Waals surface area (Å²) in [4.78, 5) is 23.2. The second-order valence-corrected chi connectivity index (χ2v) is 5.82. The third-order valence-corrected chi connectivity index (χ3v) is 3.99. The maximum atomic E-state index is 11.8. The van der Waals surface area contributed by atoms with Gasteiger partial charge < -0.3 is 18.3 Å². The number of rotatable bonds is 5. The van der Waals surface area contributed by atoms with E-state index in [1.165, 1.54) is 19.3 Å². The maximum Gasteiger partial charge on any atom is 0.336 e. The minimum Gasteiger partial charge on any atom is -0.495 e. The minimum absolute atomic E-state index is 0.270. The average molecular weight is 342 g/mol. The molecule has 1 atom stereocenters. The van der Waals surface area contributed by atoms with Gasteiger partial charge >= 0.3 is 11.6 Å². The van der Waals surface area contributed by atoms with Gasteiger partial charge in [0, 0.05) is 25.0 Å². The lowest BCUT2D eigenvalue weighted by atomic mass is 9.98. The topological polar surface area (TPSA) is 78.9 Å². The molecule has 6 nitrogen and oxygen atoms in total. The molecule has 6 heteroatoms. The fraction of sp³-hybridized carbons (Fsp3) is 0.263. The summed E-state index contributed by atoms with van der Waals surface area (Å²) in [6, 6.07) is 4.77. The third kappa shape index (κ3) is 3.03. The van der Waals surface area contributed by atoms with Crippen LogP contribution < -0.4 is 10.4 Å². The van der Waals surface area contributed by atoms with E-state index in [-0.39, 0.29) is 6.42 Å². The summed E-state index contributed by atoms with van der Waals surface area (Å²) in [5.74, 6) is 0.147. The molecule has 0 amide bonds. The molecule has 0 spiro atoms. The molecular weight excluding hydrogens is 324 g/mol. The molecule has 0 radical (unpaired) electrons. The van der Waals surface area contributed by atoms with Crippen LogP contribution in [0, 0.1) is 0 Å². The highest BCUT2D eigenvalue weighted by Gasteiger charge is 2.23. The number of carbonyl (C=O) groups excluding carboxylic acids is 1. The molecule has 2 heterocycles. The van der Waals surface area contributed by atoms with Gasteiger partial charge in [-0.1, -0.05) is 6.58 Å². The van der Waals surface area contributed by atoms with Crippen molar-refractivity contribution in [1.29, 1.82) is 0 Å². The van der Waals surface area contributed by atoms with Crippen LogP contribution in [-0.2, 0) is 16.0 Å². The highest BCUT2D eigenvalue weighted by atomic mass is 16.5. The summed E-state index contributed by atoms with van der Waals surface area (Å²) in [5, 5.41) is 1.40. The van der Waals surface area contributed by atoms with Crippen LogP contribution in [0.2, 0.25) is 0 Å². The van der Waals surface area contributed by atoms with Gasteiger partial charge in [0.1, 0.15) is 23.0 Å². The molecule has 25 heavy (non-hydrogen) atoms. The summed E-state index contributed by atoms with van der Waals surface area (Å²) < 4.78 is 21.9. The second-order valence-electron chi connectivity index (χ2n) is 5.82. The molecule has 3 aromatic rings. The number of esters is 1. The smallest absolute Gasteiger partial charge is 0.336 e. The van der Waals surface area contributed by atoms with E-state index >= 15 is 0 Å². The molecule has 0 aliphatic heterocycles. The van der Waals surface area contributed by atoms with Gasteiger partial charge in [-0.2, -0.15) is 0 Å². The van der Waals surface area contributed by atoms with Gasteiger partial charge in [0.25, 0.3) is 0 Å². The van der Waals surface area contributed by atoms with Gasteiger partial charge in [0.05, 0.1) is 24.1 Å². The van der Waals surface area contributed by atoms with Crippen LogP contribution in [0.4, 0.5) is 0 Å². The van der Waals surface area contributed by atoms with Crippen LogP contribution in [0.3, 0.4) is 0 Å². The number of benzene rings is 1. The van der Waals surface area contributed by atoms with Gasteiger partial charge in [0.15, 0.2) is 0 Å². The fourth-order valence-electron chi connectivity index (χ4n) is 2.90. The Balaban J connectivity index is 2.29. The van der Waals surface area contributed by atoms with E-state index in [0.717, 1.165) is 5.39 Å². The first-order valence-electron chi connectivity index (χ1n) is 7.75. The van der Waals surface area contributed by atoms with E-state index < -0.39 is 17.7 Å². The Labute approximate surface area is 143 Å². The van der Waals surface area contributed by atoms with Gasteiger partial charge in [-0.15, -0.1) is 0 Å². The summed E-state index contributed by atoms with van der Waals surface area (Å²) in [7, 11) is 1.54. The average Bonchev–Trinajstić information content (AvgIpc) is 3.02. The van der Waals surface area contributed by atoms with Crippen molar-refractivity contribution in [2.24, 2.45) is 0 Å². The van der Waals surface area contributed by atoms with Crippen LogP contribution in [0.15, 0.2) is 50.2 Å². The third-order valence-electron chi connectivity index (χ3n) is 3.99. The lowest BCUT2D eigenvalue weighted by Gasteiger charge is -2.18. The van der Waals surface area contributed by atoms with Gasteiger partial charge in [0.2, 0.25) is 0 Å². The van der Waals surface area contributed by atoms with Crippen molar-refractivity contribution in [3.8, 4) is 5.75 Å². The summed E-state index contributed by atoms with van der Waals surface area (Å²) in [5.41, 5.74) is 1.70. The Kier molecular flexibility index (Phi) is 4.35.